The third-order valence-electron chi connectivity index (χ3n) is 6.69. The second-order valence-corrected chi connectivity index (χ2v) is 9.62. The highest BCUT2D eigenvalue weighted by molar-refractivity contribution is 5.97. The summed E-state index contributed by atoms with van der Waals surface area (Å²) in [4.78, 5) is 31.2. The van der Waals surface area contributed by atoms with Gasteiger partial charge >= 0.3 is 0 Å². The van der Waals surface area contributed by atoms with E-state index in [0.29, 0.717) is 17.9 Å². The summed E-state index contributed by atoms with van der Waals surface area (Å²) in [5.41, 5.74) is 7.38. The number of hydrogen-bond acceptors (Lipinski definition) is 7. The summed E-state index contributed by atoms with van der Waals surface area (Å²) < 4.78 is 0. The van der Waals surface area contributed by atoms with Gasteiger partial charge in [0.2, 0.25) is 0 Å². The predicted octanol–water partition coefficient (Wildman–Crippen LogP) is 3.62. The maximum Gasteiger partial charge on any atom is 0.170 e. The number of nitrogens with one attached hydrogen (secondary N) is 1. The van der Waals surface area contributed by atoms with Crippen LogP contribution in [-0.4, -0.2) is 63.8 Å². The molecule has 0 amide bonds. The Morgan fingerprint density at radius 1 is 1.06 bits per heavy atom. The zero-order valence-corrected chi connectivity index (χ0v) is 20.5. The largest absolute Gasteiger partial charge is 0.378 e. The molecule has 0 saturated carbocycles. The lowest BCUT2D eigenvalue weighted by Crippen LogP contribution is -2.43. The number of allylic oxidation sites excluding steroid dienone is 1. The maximum absolute atomic E-state index is 12.9. The minimum Gasteiger partial charge on any atom is -0.378 e. The molecule has 1 aliphatic heterocycles. The molecule has 0 bridgehead atoms. The van der Waals surface area contributed by atoms with Crippen LogP contribution in [0.4, 0.5) is 5.69 Å². The quantitative estimate of drug-likeness (QED) is 0.506. The first-order chi connectivity index (χ1) is 17.0. The molecule has 180 valence electrons. The summed E-state index contributed by atoms with van der Waals surface area (Å²) in [5.74, 6) is 0.577. The molecule has 1 saturated heterocycles. The molecule has 1 aliphatic carbocycles. The highest BCUT2D eigenvalue weighted by Crippen LogP contribution is 2.25. The first-order valence-corrected chi connectivity index (χ1v) is 12.3. The fourth-order valence-electron chi connectivity index (χ4n) is 4.58. The molecule has 35 heavy (non-hydrogen) atoms. The number of carbonyl (C=O) groups is 1. The standard InChI is InChI=1S/C28H32N6O/c1-20-13-23-15-25(18-31-26(23)14-20)30-17-24-7-8-29-28(32-24)16-27(35)22-5-3-21(4-6-22)19-34-11-9-33(2)10-12-34/h3-8,13,15,18,30H,9-12,14,16-17,19H2,1-2H3. The van der Waals surface area contributed by atoms with Crippen molar-refractivity contribution in [2.45, 2.75) is 32.9 Å². The summed E-state index contributed by atoms with van der Waals surface area (Å²) in [6.45, 7) is 7.98. The van der Waals surface area contributed by atoms with Crippen molar-refractivity contribution < 1.29 is 4.79 Å². The fourth-order valence-corrected chi connectivity index (χ4v) is 4.58. The minimum atomic E-state index is 0.0336. The number of anilines is 1. The third-order valence-corrected chi connectivity index (χ3v) is 6.69. The van der Waals surface area contributed by atoms with E-state index in [1.807, 2.05) is 24.4 Å². The maximum atomic E-state index is 12.9. The van der Waals surface area contributed by atoms with Gasteiger partial charge in [-0.1, -0.05) is 35.9 Å². The third kappa shape index (κ3) is 5.99. The highest BCUT2D eigenvalue weighted by atomic mass is 16.1. The molecule has 0 radical (unpaired) electrons. The van der Waals surface area contributed by atoms with Crippen molar-refractivity contribution in [2.24, 2.45) is 0 Å². The van der Waals surface area contributed by atoms with Crippen LogP contribution in [0.5, 0.6) is 0 Å². The normalized spacial score (nSPS) is 16.1. The number of piperazine rings is 1. The van der Waals surface area contributed by atoms with E-state index < -0.39 is 0 Å². The van der Waals surface area contributed by atoms with E-state index in [9.17, 15) is 4.79 Å². The van der Waals surface area contributed by atoms with Crippen molar-refractivity contribution in [1.29, 1.82) is 0 Å². The number of likely N-dealkylation sites (N-methyl/N-ethyl adjacent to an activating group) is 1. The van der Waals surface area contributed by atoms with Crippen molar-refractivity contribution in [1.82, 2.24) is 24.8 Å². The van der Waals surface area contributed by atoms with Crippen molar-refractivity contribution in [3.8, 4) is 0 Å². The van der Waals surface area contributed by atoms with Crippen molar-refractivity contribution in [3.63, 3.8) is 0 Å². The van der Waals surface area contributed by atoms with Crippen LogP contribution in [0.1, 0.15) is 45.6 Å². The molecule has 1 aromatic carbocycles. The van der Waals surface area contributed by atoms with Gasteiger partial charge in [0.1, 0.15) is 5.82 Å². The number of Topliss-reactive ketones (excluding diaryl/α,β-unsaturated/α-hetero) is 1. The average Bonchev–Trinajstić information content (AvgIpc) is 3.24. The first kappa shape index (κ1) is 23.3. The number of nitrogens with zero attached hydrogens (tertiary/aromatic N) is 5. The summed E-state index contributed by atoms with van der Waals surface area (Å²) in [6, 6.07) is 12.0. The molecule has 5 rings (SSSR count). The summed E-state index contributed by atoms with van der Waals surface area (Å²) in [7, 11) is 2.16. The van der Waals surface area contributed by atoms with E-state index in [-0.39, 0.29) is 12.2 Å². The fraction of sp³-hybridized carbons (Fsp3) is 0.357. The molecular formula is C28H32N6O. The van der Waals surface area contributed by atoms with Crippen LogP contribution in [0, 0.1) is 0 Å². The molecule has 3 heterocycles. The molecule has 7 heteroatoms. The SMILES string of the molecule is CC1=Cc2cc(NCc3ccnc(CC(=O)c4ccc(CN5CCN(C)CC5)cc4)n3)cnc2C1. The van der Waals surface area contributed by atoms with Gasteiger partial charge in [0.15, 0.2) is 5.78 Å². The van der Waals surface area contributed by atoms with Gasteiger partial charge in [0.05, 0.1) is 36.2 Å². The summed E-state index contributed by atoms with van der Waals surface area (Å²) in [5, 5.41) is 3.39. The van der Waals surface area contributed by atoms with E-state index in [1.165, 1.54) is 16.7 Å². The van der Waals surface area contributed by atoms with E-state index in [1.54, 1.807) is 6.20 Å². The lowest BCUT2D eigenvalue weighted by atomic mass is 10.1. The molecule has 0 spiro atoms. The molecule has 0 atom stereocenters. The monoisotopic (exact) mass is 468 g/mol. The number of rotatable bonds is 8. The Morgan fingerprint density at radius 3 is 2.66 bits per heavy atom. The summed E-state index contributed by atoms with van der Waals surface area (Å²) >= 11 is 0. The van der Waals surface area contributed by atoms with Crippen LogP contribution in [-0.2, 0) is 25.9 Å². The van der Waals surface area contributed by atoms with Gasteiger partial charge in [-0.05, 0) is 37.2 Å². The van der Waals surface area contributed by atoms with E-state index in [2.05, 4.69) is 68.3 Å². The van der Waals surface area contributed by atoms with Crippen LogP contribution >= 0.6 is 0 Å². The lowest BCUT2D eigenvalue weighted by Gasteiger charge is -2.32. The molecule has 2 aromatic heterocycles. The molecular weight excluding hydrogens is 436 g/mol. The van der Waals surface area contributed by atoms with Crippen molar-refractivity contribution in [2.75, 3.05) is 38.5 Å². The molecule has 2 aliphatic rings. The van der Waals surface area contributed by atoms with Gasteiger partial charge < -0.3 is 10.2 Å². The number of pyridine rings is 1. The number of hydrogen-bond donors (Lipinski definition) is 1. The molecule has 7 nitrogen and oxygen atoms in total. The Morgan fingerprint density at radius 2 is 1.86 bits per heavy atom. The number of fused-ring (bicyclic) bond motifs is 1. The Bertz CT molecular complexity index is 1230. The van der Waals surface area contributed by atoms with Crippen LogP contribution in [0.15, 0.2) is 54.4 Å². The van der Waals surface area contributed by atoms with Gasteiger partial charge in [-0.3, -0.25) is 14.7 Å². The zero-order valence-electron chi connectivity index (χ0n) is 20.5. The second kappa shape index (κ2) is 10.5. The topological polar surface area (TPSA) is 74.2 Å². The van der Waals surface area contributed by atoms with Crippen molar-refractivity contribution in [3.05, 3.63) is 88.3 Å². The van der Waals surface area contributed by atoms with E-state index in [4.69, 9.17) is 0 Å². The molecule has 1 fully saturated rings. The van der Waals surface area contributed by atoms with Crippen LogP contribution in [0.3, 0.4) is 0 Å². The molecule has 1 N–H and O–H groups in total. The first-order valence-electron chi connectivity index (χ1n) is 12.3. The Hall–Kier alpha value is -3.42. The molecule has 3 aromatic rings. The summed E-state index contributed by atoms with van der Waals surface area (Å²) in [6.07, 6.45) is 6.89. The zero-order chi connectivity index (χ0) is 24.2. The Balaban J connectivity index is 1.15. The number of benzene rings is 1. The lowest BCUT2D eigenvalue weighted by molar-refractivity contribution is 0.0990. The number of aromatic nitrogens is 3. The Labute approximate surface area is 206 Å². The van der Waals surface area contributed by atoms with E-state index >= 15 is 0 Å². The smallest absolute Gasteiger partial charge is 0.170 e. The highest BCUT2D eigenvalue weighted by Gasteiger charge is 2.15. The minimum absolute atomic E-state index is 0.0336. The molecule has 0 unspecified atom stereocenters. The van der Waals surface area contributed by atoms with E-state index in [0.717, 1.165) is 56.2 Å². The van der Waals surface area contributed by atoms with Crippen molar-refractivity contribution >= 4 is 17.5 Å². The Kier molecular flexibility index (Phi) is 6.97. The average molecular weight is 469 g/mol. The van der Waals surface area contributed by atoms with Gasteiger partial charge in [0.25, 0.3) is 0 Å². The number of carbonyl (C=O) groups excluding carboxylic acids is 1. The van der Waals surface area contributed by atoms with Crippen LogP contribution in [0.25, 0.3) is 6.08 Å². The number of ketones is 1. The second-order valence-electron chi connectivity index (χ2n) is 9.62. The predicted molar refractivity (Wildman–Crippen MR) is 138 cm³/mol. The van der Waals surface area contributed by atoms with Crippen LogP contribution < -0.4 is 5.32 Å². The van der Waals surface area contributed by atoms with Gasteiger partial charge in [-0.2, -0.15) is 0 Å². The van der Waals surface area contributed by atoms with Crippen LogP contribution in [0.2, 0.25) is 0 Å². The van der Waals surface area contributed by atoms with Gasteiger partial charge in [0, 0.05) is 50.9 Å². The van der Waals surface area contributed by atoms with Gasteiger partial charge in [-0.25, -0.2) is 9.97 Å². The van der Waals surface area contributed by atoms with Gasteiger partial charge in [-0.15, -0.1) is 0 Å².